The van der Waals surface area contributed by atoms with Crippen molar-refractivity contribution in [3.8, 4) is 0 Å². The molecule has 0 spiro atoms. The quantitative estimate of drug-likeness (QED) is 0.548. The number of hydrogen-bond acceptors (Lipinski definition) is 4. The van der Waals surface area contributed by atoms with Gasteiger partial charge in [0.1, 0.15) is 5.82 Å². The maximum atomic E-state index is 13.2. The molecule has 0 saturated heterocycles. The van der Waals surface area contributed by atoms with Crippen molar-refractivity contribution < 1.29 is 19.4 Å². The number of carbonyl (C=O) groups is 1. The monoisotopic (exact) mass is 214 g/mol. The predicted octanol–water partition coefficient (Wildman–Crippen LogP) is 0.510. The number of aliphatic hydroxyl groups is 1. The highest BCUT2D eigenvalue weighted by Gasteiger charge is 2.13. The fraction of sp³-hybridized carbons (Fsp3) is 0.222. The summed E-state index contributed by atoms with van der Waals surface area (Å²) in [5.41, 5.74) is 5.42. The smallest absolute Gasteiger partial charge is 0.338 e. The molecule has 6 heteroatoms. The molecule has 0 atom stereocenters. The molecule has 0 amide bonds. The number of hydrogen-bond donors (Lipinski definition) is 4. The Morgan fingerprint density at radius 2 is 2.20 bits per heavy atom. The van der Waals surface area contributed by atoms with E-state index in [9.17, 15) is 9.18 Å². The van der Waals surface area contributed by atoms with Gasteiger partial charge in [0.2, 0.25) is 0 Å². The summed E-state index contributed by atoms with van der Waals surface area (Å²) >= 11 is 0. The standard InChI is InChI=1S/C9H11FN2O3/c10-6-4-8(12-1-2-13)7(11)3-5(6)9(14)15/h3-4,12-13H,1-2,11H2,(H,14,15). The Hall–Kier alpha value is -1.82. The maximum absolute atomic E-state index is 13.2. The first-order valence-corrected chi connectivity index (χ1v) is 4.23. The predicted molar refractivity (Wildman–Crippen MR) is 53.3 cm³/mol. The van der Waals surface area contributed by atoms with Crippen LogP contribution in [-0.4, -0.2) is 29.3 Å². The van der Waals surface area contributed by atoms with Gasteiger partial charge in [0.05, 0.1) is 23.5 Å². The summed E-state index contributed by atoms with van der Waals surface area (Å²) in [6, 6.07) is 2.03. The molecular weight excluding hydrogens is 203 g/mol. The van der Waals surface area contributed by atoms with Crippen molar-refractivity contribution in [2.24, 2.45) is 0 Å². The number of carboxylic acid groups (broad SMARTS) is 1. The van der Waals surface area contributed by atoms with Crippen LogP contribution in [0.3, 0.4) is 0 Å². The van der Waals surface area contributed by atoms with Crippen LogP contribution >= 0.6 is 0 Å². The van der Waals surface area contributed by atoms with Gasteiger partial charge < -0.3 is 21.3 Å². The Labute approximate surface area is 85.3 Å². The second kappa shape index (κ2) is 4.61. The molecule has 15 heavy (non-hydrogen) atoms. The minimum absolute atomic E-state index is 0.123. The van der Waals surface area contributed by atoms with Gasteiger partial charge in [0.25, 0.3) is 0 Å². The van der Waals surface area contributed by atoms with Crippen molar-refractivity contribution in [1.82, 2.24) is 0 Å². The second-order valence-corrected chi connectivity index (χ2v) is 2.87. The van der Waals surface area contributed by atoms with Crippen LogP contribution in [0.1, 0.15) is 10.4 Å². The molecule has 5 nitrogen and oxygen atoms in total. The summed E-state index contributed by atoms with van der Waals surface area (Å²) in [4.78, 5) is 10.5. The van der Waals surface area contributed by atoms with E-state index < -0.39 is 17.3 Å². The normalized spacial score (nSPS) is 10.0. The van der Waals surface area contributed by atoms with Gasteiger partial charge in [-0.2, -0.15) is 0 Å². The minimum atomic E-state index is -1.37. The van der Waals surface area contributed by atoms with Crippen LogP contribution in [0.4, 0.5) is 15.8 Å². The number of aliphatic hydroxyl groups excluding tert-OH is 1. The van der Waals surface area contributed by atoms with Gasteiger partial charge in [-0.3, -0.25) is 0 Å². The van der Waals surface area contributed by atoms with Crippen molar-refractivity contribution in [1.29, 1.82) is 0 Å². The number of rotatable bonds is 4. The zero-order valence-corrected chi connectivity index (χ0v) is 7.83. The minimum Gasteiger partial charge on any atom is -0.478 e. The number of anilines is 2. The number of carboxylic acids is 1. The summed E-state index contributed by atoms with van der Waals surface area (Å²) in [5, 5.41) is 19.8. The summed E-state index contributed by atoms with van der Waals surface area (Å²) in [7, 11) is 0. The van der Waals surface area contributed by atoms with Crippen molar-refractivity contribution in [3.05, 3.63) is 23.5 Å². The van der Waals surface area contributed by atoms with Crippen molar-refractivity contribution >= 4 is 17.3 Å². The van der Waals surface area contributed by atoms with E-state index in [4.69, 9.17) is 15.9 Å². The van der Waals surface area contributed by atoms with Crippen LogP contribution in [-0.2, 0) is 0 Å². The van der Waals surface area contributed by atoms with Gasteiger partial charge >= 0.3 is 5.97 Å². The van der Waals surface area contributed by atoms with Crippen LogP contribution in [0.2, 0.25) is 0 Å². The van der Waals surface area contributed by atoms with Gasteiger partial charge in [-0.05, 0) is 12.1 Å². The lowest BCUT2D eigenvalue weighted by Gasteiger charge is -2.09. The Kier molecular flexibility index (Phi) is 3.46. The van der Waals surface area contributed by atoms with Gasteiger partial charge in [-0.1, -0.05) is 0 Å². The number of aromatic carboxylic acids is 1. The van der Waals surface area contributed by atoms with Crippen LogP contribution in [0.5, 0.6) is 0 Å². The van der Waals surface area contributed by atoms with E-state index in [1.54, 1.807) is 0 Å². The molecule has 0 aliphatic heterocycles. The molecule has 0 saturated carbocycles. The highest BCUT2D eigenvalue weighted by molar-refractivity contribution is 5.90. The maximum Gasteiger partial charge on any atom is 0.338 e. The van der Waals surface area contributed by atoms with Crippen molar-refractivity contribution in [2.45, 2.75) is 0 Å². The molecule has 0 bridgehead atoms. The Morgan fingerprint density at radius 1 is 1.53 bits per heavy atom. The summed E-state index contributed by atoms with van der Waals surface area (Å²) in [6.07, 6.45) is 0. The summed E-state index contributed by atoms with van der Waals surface area (Å²) in [6.45, 7) is 0.0950. The summed E-state index contributed by atoms with van der Waals surface area (Å²) in [5.74, 6) is -2.23. The van der Waals surface area contributed by atoms with E-state index in [0.717, 1.165) is 12.1 Å². The molecule has 0 aliphatic rings. The first kappa shape index (κ1) is 11.3. The third kappa shape index (κ3) is 2.57. The van der Waals surface area contributed by atoms with Crippen LogP contribution in [0.15, 0.2) is 12.1 Å². The molecular formula is C9H11FN2O3. The number of nitrogens with one attached hydrogen (secondary N) is 1. The van der Waals surface area contributed by atoms with E-state index in [1.807, 2.05) is 0 Å². The van der Waals surface area contributed by atoms with E-state index in [0.29, 0.717) is 0 Å². The van der Waals surface area contributed by atoms with E-state index in [-0.39, 0.29) is 24.5 Å². The first-order valence-electron chi connectivity index (χ1n) is 4.23. The molecule has 0 fully saturated rings. The lowest BCUT2D eigenvalue weighted by molar-refractivity contribution is 0.0692. The van der Waals surface area contributed by atoms with Crippen LogP contribution < -0.4 is 11.1 Å². The van der Waals surface area contributed by atoms with Crippen molar-refractivity contribution in [3.63, 3.8) is 0 Å². The Balaban J connectivity index is 3.02. The molecule has 1 aromatic rings. The first-order chi connectivity index (χ1) is 7.06. The van der Waals surface area contributed by atoms with E-state index in [1.165, 1.54) is 0 Å². The lowest BCUT2D eigenvalue weighted by atomic mass is 10.1. The Bertz CT molecular complexity index is 382. The molecule has 0 unspecified atom stereocenters. The zero-order chi connectivity index (χ0) is 11.4. The lowest BCUT2D eigenvalue weighted by Crippen LogP contribution is -2.10. The van der Waals surface area contributed by atoms with Gasteiger partial charge in [-0.15, -0.1) is 0 Å². The fourth-order valence-corrected chi connectivity index (χ4v) is 1.10. The topological polar surface area (TPSA) is 95.6 Å². The number of benzene rings is 1. The molecule has 1 aromatic carbocycles. The molecule has 0 radical (unpaired) electrons. The average molecular weight is 214 g/mol. The molecule has 0 aromatic heterocycles. The average Bonchev–Trinajstić information content (AvgIpc) is 2.18. The number of halogens is 1. The van der Waals surface area contributed by atoms with Gasteiger partial charge in [0, 0.05) is 6.54 Å². The fourth-order valence-electron chi connectivity index (χ4n) is 1.10. The highest BCUT2D eigenvalue weighted by Crippen LogP contribution is 2.22. The highest BCUT2D eigenvalue weighted by atomic mass is 19.1. The number of nitrogen functional groups attached to an aromatic ring is 1. The van der Waals surface area contributed by atoms with Gasteiger partial charge in [-0.25, -0.2) is 9.18 Å². The third-order valence-electron chi connectivity index (χ3n) is 1.80. The molecule has 0 aliphatic carbocycles. The Morgan fingerprint density at radius 3 is 2.73 bits per heavy atom. The largest absolute Gasteiger partial charge is 0.478 e. The summed E-state index contributed by atoms with van der Waals surface area (Å²) < 4.78 is 13.2. The number of nitrogens with two attached hydrogens (primary N) is 1. The second-order valence-electron chi connectivity index (χ2n) is 2.87. The van der Waals surface area contributed by atoms with E-state index >= 15 is 0 Å². The van der Waals surface area contributed by atoms with Gasteiger partial charge in [0.15, 0.2) is 0 Å². The molecule has 0 heterocycles. The molecule has 1 rings (SSSR count). The third-order valence-corrected chi connectivity index (χ3v) is 1.80. The molecule has 82 valence electrons. The van der Waals surface area contributed by atoms with Crippen molar-refractivity contribution in [2.75, 3.05) is 24.2 Å². The van der Waals surface area contributed by atoms with Crippen LogP contribution in [0.25, 0.3) is 0 Å². The zero-order valence-electron chi connectivity index (χ0n) is 7.83. The van der Waals surface area contributed by atoms with E-state index in [2.05, 4.69) is 5.32 Å². The SMILES string of the molecule is Nc1cc(C(=O)O)c(F)cc1NCCO. The molecule has 5 N–H and O–H groups in total. The van der Waals surface area contributed by atoms with Crippen LogP contribution in [0, 0.1) is 5.82 Å².